The molecule has 0 amide bonds. The molecule has 2 heterocycles. The summed E-state index contributed by atoms with van der Waals surface area (Å²) in [5.74, 6) is -0.744. The first-order valence-electron chi connectivity index (χ1n) is 7.24. The molecule has 0 aliphatic rings. The first kappa shape index (κ1) is 16.3. The van der Waals surface area contributed by atoms with Crippen LogP contribution in [-0.4, -0.2) is 44.1 Å². The largest absolute Gasteiger partial charge is 0.479 e. The maximum Gasteiger partial charge on any atom is 0.362 e. The molecule has 0 spiro atoms. The molecule has 0 unspecified atom stereocenters. The second-order valence-corrected chi connectivity index (χ2v) is 4.86. The van der Waals surface area contributed by atoms with Gasteiger partial charge in [0.15, 0.2) is 0 Å². The van der Waals surface area contributed by atoms with Crippen molar-refractivity contribution in [2.75, 3.05) is 13.7 Å². The highest BCUT2D eigenvalue weighted by molar-refractivity contribution is 5.93. The van der Waals surface area contributed by atoms with Crippen LogP contribution in [-0.2, 0) is 4.74 Å². The minimum atomic E-state index is -0.684. The maximum absolute atomic E-state index is 12.0. The molecule has 3 aromatic rings. The lowest BCUT2D eigenvalue weighted by atomic mass is 10.2. The minimum Gasteiger partial charge on any atom is -0.479 e. The number of imidazole rings is 1. The van der Waals surface area contributed by atoms with E-state index in [1.54, 1.807) is 13.1 Å². The van der Waals surface area contributed by atoms with Crippen LogP contribution in [0.15, 0.2) is 30.9 Å². The van der Waals surface area contributed by atoms with Gasteiger partial charge in [-0.05, 0) is 13.0 Å². The Balaban J connectivity index is 2.26. The first-order valence-corrected chi connectivity index (χ1v) is 7.24. The first-order chi connectivity index (χ1) is 12.0. The van der Waals surface area contributed by atoms with Crippen molar-refractivity contribution < 1.29 is 19.2 Å². The number of aromatic nitrogens is 4. The van der Waals surface area contributed by atoms with Crippen LogP contribution in [0.25, 0.3) is 16.7 Å². The van der Waals surface area contributed by atoms with Crippen LogP contribution in [0.1, 0.15) is 17.4 Å². The van der Waals surface area contributed by atoms with Gasteiger partial charge in [0.2, 0.25) is 11.6 Å². The van der Waals surface area contributed by atoms with Gasteiger partial charge < -0.3 is 14.0 Å². The van der Waals surface area contributed by atoms with Gasteiger partial charge in [-0.25, -0.2) is 19.7 Å². The quantitative estimate of drug-likeness (QED) is 0.391. The summed E-state index contributed by atoms with van der Waals surface area (Å²) in [6, 6.07) is 2.74. The van der Waals surface area contributed by atoms with Crippen LogP contribution in [0.5, 0.6) is 5.88 Å². The Kier molecular flexibility index (Phi) is 4.25. The zero-order valence-electron chi connectivity index (χ0n) is 13.4. The molecule has 128 valence electrons. The summed E-state index contributed by atoms with van der Waals surface area (Å²) >= 11 is 0. The van der Waals surface area contributed by atoms with Crippen molar-refractivity contribution in [1.29, 1.82) is 0 Å². The van der Waals surface area contributed by atoms with E-state index in [0.717, 1.165) is 0 Å². The number of methoxy groups -OCH3 is 1. The Hall–Kier alpha value is -3.56. The fourth-order valence-corrected chi connectivity index (χ4v) is 2.29. The summed E-state index contributed by atoms with van der Waals surface area (Å²) in [4.78, 5) is 35.1. The topological polar surface area (TPSA) is 122 Å². The van der Waals surface area contributed by atoms with E-state index in [1.807, 2.05) is 0 Å². The third kappa shape index (κ3) is 2.96. The van der Waals surface area contributed by atoms with Gasteiger partial charge in [-0.1, -0.05) is 0 Å². The van der Waals surface area contributed by atoms with Gasteiger partial charge >= 0.3 is 5.97 Å². The molecule has 0 fully saturated rings. The summed E-state index contributed by atoms with van der Waals surface area (Å²) in [6.07, 6.45) is 4.49. The van der Waals surface area contributed by atoms with E-state index >= 15 is 0 Å². The monoisotopic (exact) mass is 343 g/mol. The molecule has 2 aromatic heterocycles. The predicted octanol–water partition coefficient (Wildman–Crippen LogP) is 1.91. The molecular formula is C15H13N5O5. The normalized spacial score (nSPS) is 10.6. The number of nitrogens with zero attached hydrogens (tertiary/aromatic N) is 5. The molecule has 25 heavy (non-hydrogen) atoms. The van der Waals surface area contributed by atoms with Crippen molar-refractivity contribution in [3.63, 3.8) is 0 Å². The number of benzene rings is 1. The predicted molar refractivity (Wildman–Crippen MR) is 85.8 cm³/mol. The van der Waals surface area contributed by atoms with Crippen molar-refractivity contribution >= 4 is 22.7 Å². The van der Waals surface area contributed by atoms with E-state index in [4.69, 9.17) is 9.47 Å². The van der Waals surface area contributed by atoms with E-state index in [-0.39, 0.29) is 40.6 Å². The Bertz CT molecular complexity index is 955. The lowest BCUT2D eigenvalue weighted by Crippen LogP contribution is -2.11. The number of rotatable bonds is 5. The van der Waals surface area contributed by atoms with E-state index in [2.05, 4.69) is 15.0 Å². The maximum atomic E-state index is 12.0. The Morgan fingerprint density at radius 3 is 2.68 bits per heavy atom. The van der Waals surface area contributed by atoms with Gasteiger partial charge in [0.1, 0.15) is 5.69 Å². The number of hydrogen-bond donors (Lipinski definition) is 0. The number of nitro benzene ring substituents is 1. The number of hydrogen-bond acceptors (Lipinski definition) is 8. The fraction of sp³-hybridized carbons (Fsp3) is 0.200. The van der Waals surface area contributed by atoms with E-state index < -0.39 is 10.9 Å². The second kappa shape index (κ2) is 6.51. The highest BCUT2D eigenvalue weighted by atomic mass is 16.6. The zero-order valence-corrected chi connectivity index (χ0v) is 13.4. The molecule has 0 aliphatic heterocycles. The van der Waals surface area contributed by atoms with Gasteiger partial charge in [-0.15, -0.1) is 0 Å². The summed E-state index contributed by atoms with van der Waals surface area (Å²) in [7, 11) is 1.33. The van der Waals surface area contributed by atoms with Gasteiger partial charge in [0.25, 0.3) is 5.69 Å². The molecule has 0 aliphatic carbocycles. The molecule has 0 N–H and O–H groups in total. The van der Waals surface area contributed by atoms with Crippen molar-refractivity contribution in [3.8, 4) is 11.6 Å². The lowest BCUT2D eigenvalue weighted by Gasteiger charge is -2.09. The molecule has 0 saturated heterocycles. The van der Waals surface area contributed by atoms with Crippen LogP contribution in [0.4, 0.5) is 5.69 Å². The van der Waals surface area contributed by atoms with Crippen LogP contribution in [0.3, 0.4) is 0 Å². The van der Waals surface area contributed by atoms with Crippen molar-refractivity contribution in [2.24, 2.45) is 0 Å². The standard InChI is InChI=1S/C15H13N5O5/c1-3-25-15(21)13-14(24-2)18-10-7-12(20(22)23)11(6-9(10)17-13)19-5-4-16-8-19/h4-8H,3H2,1-2H3. The summed E-state index contributed by atoms with van der Waals surface area (Å²) in [5.41, 5.74) is 0.496. The van der Waals surface area contributed by atoms with Crippen molar-refractivity contribution in [1.82, 2.24) is 19.5 Å². The molecule has 10 heteroatoms. The number of esters is 1. The minimum absolute atomic E-state index is 0.0596. The van der Waals surface area contributed by atoms with Crippen LogP contribution in [0, 0.1) is 10.1 Å². The Labute approximate surface area is 141 Å². The number of nitro groups is 1. The zero-order chi connectivity index (χ0) is 18.0. The van der Waals surface area contributed by atoms with Crippen molar-refractivity contribution in [3.05, 3.63) is 46.7 Å². The summed E-state index contributed by atoms with van der Waals surface area (Å²) in [6.45, 7) is 1.83. The molecule has 3 rings (SSSR count). The average Bonchev–Trinajstić information content (AvgIpc) is 3.14. The molecule has 0 atom stereocenters. The van der Waals surface area contributed by atoms with Gasteiger partial charge in [0.05, 0.1) is 36.0 Å². The molecule has 1 aromatic carbocycles. The molecule has 0 radical (unpaired) electrons. The highest BCUT2D eigenvalue weighted by Gasteiger charge is 2.22. The third-order valence-corrected chi connectivity index (χ3v) is 3.37. The summed E-state index contributed by atoms with van der Waals surface area (Å²) in [5, 5.41) is 11.4. The smallest absolute Gasteiger partial charge is 0.362 e. The summed E-state index contributed by atoms with van der Waals surface area (Å²) < 4.78 is 11.5. The Morgan fingerprint density at radius 2 is 2.08 bits per heavy atom. The molecule has 0 bridgehead atoms. The second-order valence-electron chi connectivity index (χ2n) is 4.86. The van der Waals surface area contributed by atoms with Crippen LogP contribution >= 0.6 is 0 Å². The van der Waals surface area contributed by atoms with Gasteiger partial charge in [-0.2, -0.15) is 0 Å². The third-order valence-electron chi connectivity index (χ3n) is 3.37. The van der Waals surface area contributed by atoms with Gasteiger partial charge in [0, 0.05) is 18.5 Å². The van der Waals surface area contributed by atoms with E-state index in [1.165, 1.54) is 36.3 Å². The Morgan fingerprint density at radius 1 is 1.32 bits per heavy atom. The van der Waals surface area contributed by atoms with Crippen LogP contribution in [0.2, 0.25) is 0 Å². The van der Waals surface area contributed by atoms with Crippen LogP contribution < -0.4 is 4.74 Å². The SMILES string of the molecule is CCOC(=O)c1nc2cc(-n3ccnc3)c([N+](=O)[O-])cc2nc1OC. The highest BCUT2D eigenvalue weighted by Crippen LogP contribution is 2.29. The number of ether oxygens (including phenoxy) is 2. The van der Waals surface area contributed by atoms with Crippen molar-refractivity contribution in [2.45, 2.75) is 6.92 Å². The number of carbonyl (C=O) groups excluding carboxylic acids is 1. The molecular weight excluding hydrogens is 330 g/mol. The molecule has 0 saturated carbocycles. The van der Waals surface area contributed by atoms with Gasteiger partial charge in [-0.3, -0.25) is 10.1 Å². The average molecular weight is 343 g/mol. The van der Waals surface area contributed by atoms with E-state index in [9.17, 15) is 14.9 Å². The fourth-order valence-electron chi connectivity index (χ4n) is 2.29. The van der Waals surface area contributed by atoms with E-state index in [0.29, 0.717) is 0 Å². The molecule has 10 nitrogen and oxygen atoms in total. The number of carbonyl (C=O) groups is 1. The number of fused-ring (bicyclic) bond motifs is 1. The lowest BCUT2D eigenvalue weighted by molar-refractivity contribution is -0.384.